The van der Waals surface area contributed by atoms with Gasteiger partial charge in [0.05, 0.1) is 0 Å². The zero-order valence-electron chi connectivity index (χ0n) is 2.02. The van der Waals surface area contributed by atoms with E-state index in [1.807, 2.05) is 0 Å². The van der Waals surface area contributed by atoms with E-state index in [9.17, 15) is 0 Å². The van der Waals surface area contributed by atoms with Gasteiger partial charge in [-0.2, -0.15) is 0 Å². The second-order valence-electron chi connectivity index (χ2n) is 0. The van der Waals surface area contributed by atoms with Gasteiger partial charge in [-0.05, 0) is 0 Å². The van der Waals surface area contributed by atoms with Gasteiger partial charge in [0, 0.05) is 64.2 Å². The van der Waals surface area contributed by atoms with Crippen molar-refractivity contribution in [3.63, 3.8) is 0 Å². The molecule has 0 saturated carbocycles. The minimum absolute atomic E-state index is 0. The average Bonchev–Trinajstić information content (AvgIpc) is 0. The fraction of sp³-hybridized carbons (Fsp3) is 0. The third kappa shape index (κ3) is 8.90. The fourth-order valence-corrected chi connectivity index (χ4v) is 0. The minimum Gasteiger partial charge on any atom is 0 e. The maximum absolute atomic E-state index is 0. The van der Waals surface area contributed by atoms with E-state index >= 15 is 0 Å². The molecule has 4 heavy (non-hydrogen) atoms. The molecule has 0 N–H and O–H groups in total. The number of rotatable bonds is 0. The first kappa shape index (κ1) is 27.9. The third-order valence-electron chi connectivity index (χ3n) is 0. The normalized spacial score (nSPS) is 0. The van der Waals surface area contributed by atoms with Crippen LogP contribution in [0, 0.1) is 0 Å². The summed E-state index contributed by atoms with van der Waals surface area (Å²) < 4.78 is 0. The molecule has 0 aromatic heterocycles. The summed E-state index contributed by atoms with van der Waals surface area (Å²) in [6, 6.07) is 0. The van der Waals surface area contributed by atoms with Crippen molar-refractivity contribution in [2.45, 2.75) is 0 Å². The van der Waals surface area contributed by atoms with E-state index in [4.69, 9.17) is 0 Å². The Morgan fingerprint density at radius 3 is 0.750 bits per heavy atom. The van der Waals surface area contributed by atoms with Gasteiger partial charge in [-0.1, -0.05) is 0 Å². The molecule has 0 aliphatic rings. The largest absolute Gasteiger partial charge is 0 e. The summed E-state index contributed by atoms with van der Waals surface area (Å²) in [6.07, 6.45) is 0. The van der Waals surface area contributed by atoms with E-state index < -0.39 is 0 Å². The van der Waals surface area contributed by atoms with Crippen LogP contribution in [-0.2, 0) is 64.2 Å². The van der Waals surface area contributed by atoms with Crippen LogP contribution in [0.2, 0.25) is 0 Å². The molecule has 0 aliphatic heterocycles. The predicted octanol–water partition coefficient (Wildman–Crippen LogP) is -0.924. The van der Waals surface area contributed by atoms with Gasteiger partial charge in [-0.25, -0.2) is 0 Å². The molecule has 4 radical (unpaired) electrons. The van der Waals surface area contributed by atoms with Crippen LogP contribution in [0.3, 0.4) is 0 Å². The number of hydrogen-bond acceptors (Lipinski definition) is 0. The molecule has 0 fully saturated rings. The third-order valence-corrected chi connectivity index (χ3v) is 0. The minimum atomic E-state index is 0. The monoisotopic (exact) mass is 488 g/mol. The predicted molar refractivity (Wildman–Crippen MR) is 8.54 cm³/mol. The molecule has 0 aromatic rings. The maximum atomic E-state index is 0. The van der Waals surface area contributed by atoms with Crippen molar-refractivity contribution in [1.82, 2.24) is 0 Å². The van der Waals surface area contributed by atoms with E-state index in [1.165, 1.54) is 0 Å². The Hall–Kier alpha value is 3.03. The molecule has 0 nitrogen and oxygen atoms in total. The van der Waals surface area contributed by atoms with Gasteiger partial charge in [0.2, 0.25) is 0 Å². The van der Waals surface area contributed by atoms with Crippen LogP contribution in [0.5, 0.6) is 0 Å². The van der Waals surface area contributed by atoms with Crippen molar-refractivity contribution in [2.75, 3.05) is 0 Å². The summed E-state index contributed by atoms with van der Waals surface area (Å²) in [6.45, 7) is 0. The number of hydrogen-bond donors (Lipinski definition) is 0. The molecule has 4 heteroatoms. The zero-order chi connectivity index (χ0) is 0. The van der Waals surface area contributed by atoms with Gasteiger partial charge in [0.15, 0.2) is 0 Å². The van der Waals surface area contributed by atoms with Crippen molar-refractivity contribution in [3.05, 3.63) is 0 Å². The topological polar surface area (TPSA) is 0 Å². The van der Waals surface area contributed by atoms with Gasteiger partial charge in [-0.15, -0.1) is 0 Å². The molecule has 0 heterocycles. The second-order valence-corrected chi connectivity index (χ2v) is 0. The Kier molecular flexibility index (Phi) is 116. The summed E-state index contributed by atoms with van der Waals surface area (Å²) in [5.41, 5.74) is 0. The first-order chi connectivity index (χ1) is 0. The Bertz CT molecular complexity index is 6.00. The molecule has 0 bridgehead atoms. The summed E-state index contributed by atoms with van der Waals surface area (Å²) in [5, 5.41) is 0. The van der Waals surface area contributed by atoms with E-state index in [0.717, 1.165) is 0 Å². The van der Waals surface area contributed by atoms with Gasteiger partial charge in [0.25, 0.3) is 0 Å². The molecule has 0 amide bonds. The molecule has 0 unspecified atom stereocenters. The van der Waals surface area contributed by atoms with Crippen LogP contribution in [0.1, 0.15) is 0 Å². The van der Waals surface area contributed by atoms with E-state index in [-0.39, 0.29) is 91.5 Å². The van der Waals surface area contributed by atoms with Crippen LogP contribution in [-0.4, -0.2) is 27.3 Å². The average molecular weight is 490 g/mol. The van der Waals surface area contributed by atoms with Crippen LogP contribution in [0.4, 0.5) is 0 Å². The van der Waals surface area contributed by atoms with Crippen molar-refractivity contribution < 1.29 is 64.2 Å². The van der Waals surface area contributed by atoms with Crippen LogP contribution < -0.4 is 0 Å². The van der Waals surface area contributed by atoms with Gasteiger partial charge in [-0.3, -0.25) is 0 Å². The Morgan fingerprint density at radius 2 is 0.750 bits per heavy atom. The van der Waals surface area contributed by atoms with E-state index in [2.05, 4.69) is 0 Å². The van der Waals surface area contributed by atoms with Crippen LogP contribution >= 0.6 is 0 Å². The molecule has 0 atom stereocenters. The molecule has 0 saturated heterocycles. The van der Waals surface area contributed by atoms with Gasteiger partial charge < -0.3 is 0 Å². The zero-order valence-corrected chi connectivity index (χ0v) is 13.4. The van der Waals surface area contributed by atoms with Gasteiger partial charge >= 0.3 is 27.3 Å². The van der Waals surface area contributed by atoms with Crippen molar-refractivity contribution in [1.29, 1.82) is 0 Å². The van der Waals surface area contributed by atoms with E-state index in [1.54, 1.807) is 0 Å². The SMILES string of the molecule is [Ag].[Ag].[PbH2].[Zn]. The Labute approximate surface area is 89.8 Å². The van der Waals surface area contributed by atoms with Crippen LogP contribution in [0.25, 0.3) is 0 Å². The maximum Gasteiger partial charge on any atom is 0 e. The van der Waals surface area contributed by atoms with E-state index in [0.29, 0.717) is 0 Å². The van der Waals surface area contributed by atoms with Crippen molar-refractivity contribution >= 4 is 27.3 Å². The van der Waals surface area contributed by atoms with Crippen molar-refractivity contribution in [3.8, 4) is 0 Å². The molecule has 30 valence electrons. The van der Waals surface area contributed by atoms with Crippen LogP contribution in [0.15, 0.2) is 0 Å². The van der Waals surface area contributed by atoms with Crippen molar-refractivity contribution in [2.24, 2.45) is 0 Å². The quantitative estimate of drug-likeness (QED) is 0.386. The standard InChI is InChI=1S/2Ag.Pb.Zn.2H. The smallest absolute Gasteiger partial charge is 0 e. The first-order valence-electron chi connectivity index (χ1n) is 0. The second kappa shape index (κ2) is 16.6. The molecule has 0 aromatic carbocycles. The fourth-order valence-electron chi connectivity index (χ4n) is 0. The molecular weight excluding hydrogens is 488 g/mol. The molecular formula is H2Ag2PbZn. The summed E-state index contributed by atoms with van der Waals surface area (Å²) in [4.78, 5) is 0. The summed E-state index contributed by atoms with van der Waals surface area (Å²) in [7, 11) is 0. The first-order valence-corrected chi connectivity index (χ1v) is 0. The Morgan fingerprint density at radius 1 is 0.750 bits per heavy atom. The molecule has 0 aliphatic carbocycles. The molecule has 0 rings (SSSR count). The van der Waals surface area contributed by atoms with Gasteiger partial charge in [0.1, 0.15) is 0 Å². The molecule has 0 spiro atoms. The summed E-state index contributed by atoms with van der Waals surface area (Å²) >= 11 is 0. The Balaban J connectivity index is 0. The summed E-state index contributed by atoms with van der Waals surface area (Å²) in [5.74, 6) is 0.